The van der Waals surface area contributed by atoms with Gasteiger partial charge in [0.15, 0.2) is 0 Å². The van der Waals surface area contributed by atoms with Crippen LogP contribution in [0.1, 0.15) is 61.3 Å². The van der Waals surface area contributed by atoms with Gasteiger partial charge in [-0.05, 0) is 59.2 Å². The van der Waals surface area contributed by atoms with Crippen molar-refractivity contribution in [3.05, 3.63) is 11.7 Å². The molecule has 0 saturated carbocycles. The summed E-state index contributed by atoms with van der Waals surface area (Å²) in [6.45, 7) is 15.1. The van der Waals surface area contributed by atoms with Crippen LogP contribution in [0.4, 0.5) is 4.79 Å². The average Bonchev–Trinajstić information content (AvgIpc) is 2.56. The topological polar surface area (TPSA) is 38.8 Å². The van der Waals surface area contributed by atoms with E-state index >= 15 is 0 Å². The van der Waals surface area contributed by atoms with Gasteiger partial charge in [0.1, 0.15) is 5.60 Å². The Hall–Kier alpha value is -0.965. The van der Waals surface area contributed by atoms with Crippen molar-refractivity contribution in [2.45, 2.75) is 78.8 Å². The van der Waals surface area contributed by atoms with Crippen molar-refractivity contribution >= 4 is 13.0 Å². The fraction of sp³-hybridized carbons (Fsp3) is 0.824. The second-order valence-electron chi connectivity index (χ2n) is 8.61. The Kier molecular flexibility index (Phi) is 4.42. The maximum absolute atomic E-state index is 12.5. The predicted octanol–water partition coefficient (Wildman–Crippen LogP) is 4.27. The van der Waals surface area contributed by atoms with E-state index in [2.05, 4.69) is 33.8 Å². The number of hydrogen-bond donors (Lipinski definition) is 0. The van der Waals surface area contributed by atoms with Crippen LogP contribution in [0.3, 0.4) is 0 Å². The van der Waals surface area contributed by atoms with Crippen molar-refractivity contribution in [2.75, 3.05) is 6.54 Å². The fourth-order valence-corrected chi connectivity index (χ4v) is 2.99. The summed E-state index contributed by atoms with van der Waals surface area (Å²) in [6, 6.07) is 0. The van der Waals surface area contributed by atoms with Crippen molar-refractivity contribution in [3.63, 3.8) is 0 Å². The lowest BCUT2D eigenvalue weighted by Gasteiger charge is -2.34. The third-order valence-electron chi connectivity index (χ3n) is 4.96. The Bertz CT molecular complexity index is 461. The van der Waals surface area contributed by atoms with Crippen molar-refractivity contribution in [3.8, 4) is 0 Å². The van der Waals surface area contributed by atoms with Gasteiger partial charge in [0.05, 0.1) is 5.60 Å². The van der Waals surface area contributed by atoms with Crippen molar-refractivity contribution in [1.82, 2.24) is 4.90 Å². The number of nitrogens with zero attached hydrogens (tertiary/aromatic N) is 1. The van der Waals surface area contributed by atoms with Crippen LogP contribution in [0.15, 0.2) is 11.7 Å². The average molecular weight is 307 g/mol. The van der Waals surface area contributed by atoms with Gasteiger partial charge >= 0.3 is 13.0 Å². The van der Waals surface area contributed by atoms with Gasteiger partial charge in [0.25, 0.3) is 0 Å². The summed E-state index contributed by atoms with van der Waals surface area (Å²) in [4.78, 5) is 14.3. The first-order valence-corrected chi connectivity index (χ1v) is 8.31. The number of hydrogen-bond acceptors (Lipinski definition) is 3. The molecular formula is C17H30BNO3. The Morgan fingerprint density at radius 1 is 1.32 bits per heavy atom. The standard InChI is InChI=1S/C17H30BNO3/c1-15(2,3)21-14(20)19-11-9-8-10-13(19)18-12-16(4,5)17(6,7)22-18/h10H,8-9,11-12H2,1-7H3. The first-order valence-electron chi connectivity index (χ1n) is 8.31. The minimum absolute atomic E-state index is 0.0298. The maximum atomic E-state index is 12.5. The normalized spacial score (nSPS) is 24.2. The highest BCUT2D eigenvalue weighted by Gasteiger charge is 2.52. The van der Waals surface area contributed by atoms with E-state index in [9.17, 15) is 4.79 Å². The highest BCUT2D eigenvalue weighted by Crippen LogP contribution is 2.47. The van der Waals surface area contributed by atoms with Crippen molar-refractivity contribution in [1.29, 1.82) is 0 Å². The molecule has 0 aromatic rings. The highest BCUT2D eigenvalue weighted by molar-refractivity contribution is 6.61. The molecule has 0 bridgehead atoms. The van der Waals surface area contributed by atoms with Gasteiger partial charge < -0.3 is 9.39 Å². The second kappa shape index (κ2) is 5.59. The third-order valence-corrected chi connectivity index (χ3v) is 4.96. The first-order chi connectivity index (χ1) is 9.93. The molecular weight excluding hydrogens is 277 g/mol. The maximum Gasteiger partial charge on any atom is 0.413 e. The molecule has 0 atom stereocenters. The minimum Gasteiger partial charge on any atom is -0.443 e. The van der Waals surface area contributed by atoms with Crippen molar-refractivity contribution < 1.29 is 14.2 Å². The lowest BCUT2D eigenvalue weighted by atomic mass is 9.55. The van der Waals surface area contributed by atoms with E-state index in [0.29, 0.717) is 6.54 Å². The molecule has 22 heavy (non-hydrogen) atoms. The number of rotatable bonds is 1. The van der Waals surface area contributed by atoms with Gasteiger partial charge in [-0.3, -0.25) is 4.90 Å². The molecule has 4 nitrogen and oxygen atoms in total. The molecule has 2 aliphatic rings. The van der Waals surface area contributed by atoms with Crippen molar-refractivity contribution in [2.24, 2.45) is 5.41 Å². The molecule has 0 spiro atoms. The zero-order valence-corrected chi connectivity index (χ0v) is 15.2. The van der Waals surface area contributed by atoms with Crippen LogP contribution in [0.2, 0.25) is 6.32 Å². The van der Waals surface area contributed by atoms with Crippen LogP contribution in [0, 0.1) is 5.41 Å². The van der Waals surface area contributed by atoms with E-state index in [4.69, 9.17) is 9.39 Å². The largest absolute Gasteiger partial charge is 0.443 e. The van der Waals surface area contributed by atoms with Gasteiger partial charge in [-0.25, -0.2) is 4.79 Å². The minimum atomic E-state index is -0.477. The summed E-state index contributed by atoms with van der Waals surface area (Å²) < 4.78 is 11.9. The predicted molar refractivity (Wildman–Crippen MR) is 89.8 cm³/mol. The molecule has 1 fully saturated rings. The lowest BCUT2D eigenvalue weighted by molar-refractivity contribution is 0.0269. The van der Waals surface area contributed by atoms with Crippen LogP contribution >= 0.6 is 0 Å². The number of carbonyl (C=O) groups is 1. The van der Waals surface area contributed by atoms with Crippen LogP contribution in [-0.4, -0.2) is 35.7 Å². The molecule has 2 rings (SSSR count). The third kappa shape index (κ3) is 3.50. The molecule has 0 radical (unpaired) electrons. The number of ether oxygens (including phenoxy) is 1. The summed E-state index contributed by atoms with van der Waals surface area (Å²) >= 11 is 0. The van der Waals surface area contributed by atoms with E-state index in [1.807, 2.05) is 20.8 Å². The fourth-order valence-electron chi connectivity index (χ4n) is 2.99. The summed E-state index contributed by atoms with van der Waals surface area (Å²) in [5, 5.41) is 0. The van der Waals surface area contributed by atoms with E-state index < -0.39 is 5.60 Å². The van der Waals surface area contributed by atoms with Gasteiger partial charge in [0.2, 0.25) is 0 Å². The van der Waals surface area contributed by atoms with Crippen LogP contribution in [0.5, 0.6) is 0 Å². The van der Waals surface area contributed by atoms with E-state index in [-0.39, 0.29) is 24.0 Å². The second-order valence-corrected chi connectivity index (χ2v) is 8.61. The first kappa shape index (κ1) is 17.4. The highest BCUT2D eigenvalue weighted by atomic mass is 16.6. The summed E-state index contributed by atoms with van der Waals surface area (Å²) in [7, 11) is 0. The van der Waals surface area contributed by atoms with E-state index in [0.717, 1.165) is 24.8 Å². The Morgan fingerprint density at radius 3 is 2.45 bits per heavy atom. The molecule has 0 unspecified atom stereocenters. The van der Waals surface area contributed by atoms with Crippen LogP contribution in [-0.2, 0) is 9.39 Å². The summed E-state index contributed by atoms with van der Waals surface area (Å²) in [5.74, 6) is 0. The monoisotopic (exact) mass is 307 g/mol. The molecule has 0 aliphatic carbocycles. The SMILES string of the molecule is CC(C)(C)OC(=O)N1CCCC=C1B1CC(C)(C)C(C)(C)O1. The lowest BCUT2D eigenvalue weighted by Crippen LogP contribution is -2.43. The molecule has 1 saturated heterocycles. The molecule has 0 aromatic carbocycles. The molecule has 2 aliphatic heterocycles. The Morgan fingerprint density at radius 2 is 1.95 bits per heavy atom. The smallest absolute Gasteiger partial charge is 0.413 e. The molecule has 5 heteroatoms. The van der Waals surface area contributed by atoms with Gasteiger partial charge in [-0.1, -0.05) is 19.9 Å². The number of carbonyl (C=O) groups excluding carboxylic acids is 1. The molecule has 2 heterocycles. The molecule has 124 valence electrons. The zero-order valence-electron chi connectivity index (χ0n) is 15.2. The van der Waals surface area contributed by atoms with Crippen LogP contribution < -0.4 is 0 Å². The summed E-state index contributed by atoms with van der Waals surface area (Å²) in [6.07, 6.45) is 4.78. The van der Waals surface area contributed by atoms with Crippen LogP contribution in [0.25, 0.3) is 0 Å². The molecule has 0 aromatic heterocycles. The zero-order chi connectivity index (χ0) is 16.8. The molecule has 0 N–H and O–H groups in total. The van der Waals surface area contributed by atoms with Gasteiger partial charge in [0, 0.05) is 12.1 Å². The number of allylic oxidation sites excluding steroid dienone is 1. The quantitative estimate of drug-likeness (QED) is 0.679. The van der Waals surface area contributed by atoms with E-state index in [1.54, 1.807) is 4.90 Å². The van der Waals surface area contributed by atoms with E-state index in [1.165, 1.54) is 0 Å². The summed E-state index contributed by atoms with van der Waals surface area (Å²) in [5.41, 5.74) is 0.388. The Balaban J connectivity index is 2.18. The van der Waals surface area contributed by atoms with Gasteiger partial charge in [-0.15, -0.1) is 0 Å². The van der Waals surface area contributed by atoms with Gasteiger partial charge in [-0.2, -0.15) is 0 Å². The Labute approximate surface area is 135 Å². The number of amides is 1. The molecule has 1 amide bonds.